The van der Waals surface area contributed by atoms with Crippen molar-refractivity contribution in [2.24, 2.45) is 0 Å². The quantitative estimate of drug-likeness (QED) is 0.0808. The average molecular weight is 1300 g/mol. The van der Waals surface area contributed by atoms with Gasteiger partial charge in [-0.15, -0.1) is 0 Å². The fourth-order valence-corrected chi connectivity index (χ4v) is 9.48. The summed E-state index contributed by atoms with van der Waals surface area (Å²) in [5.41, 5.74) is 14.3. The molecule has 0 bridgehead atoms. The monoisotopic (exact) mass is 1300 g/mol. The molecule has 8 nitrogen and oxygen atoms in total. The van der Waals surface area contributed by atoms with E-state index in [0.29, 0.717) is 15.8 Å². The van der Waals surface area contributed by atoms with Crippen molar-refractivity contribution in [3.8, 4) is 34.5 Å². The maximum absolute atomic E-state index is 12.9. The van der Waals surface area contributed by atoms with E-state index in [0.717, 1.165) is 122 Å². The van der Waals surface area contributed by atoms with Gasteiger partial charge in [-0.05, 0) is 147 Å². The summed E-state index contributed by atoms with van der Waals surface area (Å²) in [5.74, 6) is 4.97. The van der Waals surface area contributed by atoms with E-state index >= 15 is 0 Å². The third kappa shape index (κ3) is 20.1. The molecule has 90 heavy (non-hydrogen) atoms. The molecular weight excluding hydrogens is 1230 g/mol. The lowest BCUT2D eigenvalue weighted by Gasteiger charge is -2.10. The average Bonchev–Trinajstić information content (AvgIpc) is 2.40. The first kappa shape index (κ1) is 69.3. The molecule has 0 aliphatic rings. The van der Waals surface area contributed by atoms with Crippen LogP contribution in [0.25, 0.3) is 63.2 Å². The Morgan fingerprint density at radius 2 is 0.944 bits per heavy atom. The van der Waals surface area contributed by atoms with Crippen LogP contribution in [0.3, 0.4) is 0 Å². The van der Waals surface area contributed by atoms with E-state index in [1.165, 1.54) is 12.1 Å². The zero-order chi connectivity index (χ0) is 63.7. The van der Waals surface area contributed by atoms with E-state index in [4.69, 9.17) is 56.6 Å². The van der Waals surface area contributed by atoms with Gasteiger partial charge in [0.05, 0.1) is 53.7 Å². The predicted octanol–water partition coefficient (Wildman–Crippen LogP) is 22.0. The Hall–Kier alpha value is -9.84. The second-order valence-corrected chi connectivity index (χ2v) is 21.2. The molecule has 0 aliphatic heterocycles. The number of allylic oxidation sites excluding steroid dienone is 8. The molecule has 0 fully saturated rings. The fraction of sp³-hybridized carbons (Fsp3) is 0.0897. The maximum Gasteiger partial charge on any atom is 0.139 e. The van der Waals surface area contributed by atoms with Crippen molar-refractivity contribution in [2.45, 2.75) is 7.43 Å². The van der Waals surface area contributed by atoms with Crippen molar-refractivity contribution in [1.29, 1.82) is 0 Å². The molecule has 0 aliphatic carbocycles. The first-order chi connectivity index (χ1) is 43.1. The summed E-state index contributed by atoms with van der Waals surface area (Å²) in [7, 11) is 9.75. The van der Waals surface area contributed by atoms with Gasteiger partial charge in [0.15, 0.2) is 0 Å². The van der Waals surface area contributed by atoms with Gasteiger partial charge < -0.3 is 33.4 Å². The molecule has 9 aromatic carbocycles. The molecule has 12 heteroatoms. The normalized spacial score (nSPS) is 10.8. The largest absolute Gasteiger partial charge is 0.497 e. The van der Waals surface area contributed by atoms with Crippen LogP contribution in [0.15, 0.2) is 255 Å². The SMILES string of the molecule is C.C=C(/C(=C/c1ccc(Cl)cc1)c1nc2ccccc2[nH]1)c1ccccc1.C=C(/C=C/c1ccc(F)cc1)c1ccc(OC)cc1OC.C=C(/C=C/c1cccc(Cl)c1)c1ccc(OC)cc1OC.C=C(/C=C/c1ccccc1Br)c1ccc(OC)cc1OC. The highest BCUT2D eigenvalue weighted by molar-refractivity contribution is 9.10. The second-order valence-electron chi connectivity index (χ2n) is 19.5. The van der Waals surface area contributed by atoms with Crippen LogP contribution in [0.4, 0.5) is 4.39 Å². The van der Waals surface area contributed by atoms with Gasteiger partial charge in [-0.25, -0.2) is 9.37 Å². The summed E-state index contributed by atoms with van der Waals surface area (Å²) < 4.78 is 45.6. The molecule has 0 saturated heterocycles. The Balaban J connectivity index is 0.000000191. The molecule has 0 amide bonds. The molecule has 0 saturated carbocycles. The summed E-state index contributed by atoms with van der Waals surface area (Å²) in [6.07, 6.45) is 13.8. The summed E-state index contributed by atoms with van der Waals surface area (Å²) in [5, 5.41) is 1.43. The van der Waals surface area contributed by atoms with Crippen LogP contribution >= 0.6 is 39.1 Å². The number of H-pyrrole nitrogens is 1. The number of aromatic nitrogens is 2. The topological polar surface area (TPSA) is 84.1 Å². The lowest BCUT2D eigenvalue weighted by Crippen LogP contribution is -1.92. The Morgan fingerprint density at radius 1 is 0.467 bits per heavy atom. The molecule has 0 unspecified atom stereocenters. The van der Waals surface area contributed by atoms with Gasteiger partial charge >= 0.3 is 0 Å². The van der Waals surface area contributed by atoms with Gasteiger partial charge in [-0.1, -0.05) is 206 Å². The zero-order valence-electron chi connectivity index (χ0n) is 50.4. The van der Waals surface area contributed by atoms with Crippen molar-refractivity contribution in [3.05, 3.63) is 321 Å². The fourth-order valence-electron chi connectivity index (χ4n) is 8.74. The molecule has 10 aromatic rings. The Bertz CT molecular complexity index is 4140. The van der Waals surface area contributed by atoms with Crippen molar-refractivity contribution in [3.63, 3.8) is 0 Å². The first-order valence-corrected chi connectivity index (χ1v) is 29.4. The summed E-state index contributed by atoms with van der Waals surface area (Å²) in [6.45, 7) is 16.6. The van der Waals surface area contributed by atoms with Crippen LogP contribution in [-0.4, -0.2) is 52.6 Å². The van der Waals surface area contributed by atoms with Crippen LogP contribution < -0.4 is 28.4 Å². The van der Waals surface area contributed by atoms with Crippen molar-refractivity contribution in [2.75, 3.05) is 42.7 Å². The number of rotatable bonds is 19. The van der Waals surface area contributed by atoms with E-state index in [-0.39, 0.29) is 13.2 Å². The second kappa shape index (κ2) is 35.2. The number of nitrogens with zero attached hydrogens (tertiary/aromatic N) is 1. The molecule has 0 atom stereocenters. The van der Waals surface area contributed by atoms with Crippen molar-refractivity contribution < 1.29 is 32.8 Å². The van der Waals surface area contributed by atoms with Crippen LogP contribution in [0.2, 0.25) is 10.0 Å². The number of halogens is 4. The van der Waals surface area contributed by atoms with E-state index in [2.05, 4.69) is 65.4 Å². The van der Waals surface area contributed by atoms with Crippen LogP contribution in [0.1, 0.15) is 57.8 Å². The molecule has 0 radical (unpaired) electrons. The third-order valence-electron chi connectivity index (χ3n) is 13.6. The smallest absolute Gasteiger partial charge is 0.139 e. The Kier molecular flexibility index (Phi) is 27.1. The van der Waals surface area contributed by atoms with Gasteiger partial charge in [0.1, 0.15) is 46.1 Å². The Labute approximate surface area is 547 Å². The number of methoxy groups -OCH3 is 6. The van der Waals surface area contributed by atoms with Gasteiger partial charge in [-0.2, -0.15) is 0 Å². The van der Waals surface area contributed by atoms with E-state index in [1.807, 2.05) is 206 Å². The molecule has 0 spiro atoms. The standard InChI is InChI=1S/C23H17ClN2.C18H17BrO2.C18H17ClO2.C18H17FO2.CH4/c1-16(18-7-3-2-4-8-18)20(15-17-11-13-19(24)14-12-17)23-25-21-9-5-6-10-22(21)26-23;1-13(8-9-14-6-4-5-7-17(14)19)16-11-10-15(20-2)12-18(16)21-3;1-13(7-8-14-5-4-6-15(19)11-14)17-10-9-16(20-2)12-18(17)21-3;1-13(4-5-14-6-8-15(19)9-7-14)17-11-10-16(20-2)12-18(17)21-3;/h2-15H,1H2,(H,25,26);3*4-12H,1H2,2-3H3;1H4/b20-15-;9-8+;8-7+;5-4+;. The highest BCUT2D eigenvalue weighted by atomic mass is 79.9. The van der Waals surface area contributed by atoms with E-state index in [9.17, 15) is 4.39 Å². The zero-order valence-corrected chi connectivity index (χ0v) is 53.5. The van der Waals surface area contributed by atoms with E-state index in [1.54, 1.807) is 54.8 Å². The van der Waals surface area contributed by atoms with E-state index < -0.39 is 0 Å². The number of hydrogen-bond acceptors (Lipinski definition) is 7. The lowest BCUT2D eigenvalue weighted by molar-refractivity contribution is 0.393. The lowest BCUT2D eigenvalue weighted by atomic mass is 9.97. The molecule has 458 valence electrons. The third-order valence-corrected chi connectivity index (χ3v) is 14.8. The van der Waals surface area contributed by atoms with Gasteiger partial charge in [-0.3, -0.25) is 0 Å². The molecule has 10 rings (SSSR count). The minimum absolute atomic E-state index is 0. The number of imidazole rings is 1. The number of hydrogen-bond donors (Lipinski definition) is 1. The highest BCUT2D eigenvalue weighted by Gasteiger charge is 2.14. The number of benzene rings is 9. The van der Waals surface area contributed by atoms with Crippen molar-refractivity contribution in [1.82, 2.24) is 9.97 Å². The van der Waals surface area contributed by atoms with Gasteiger partial charge in [0.25, 0.3) is 0 Å². The summed E-state index contributed by atoms with van der Waals surface area (Å²) >= 11 is 15.5. The van der Waals surface area contributed by atoms with Crippen LogP contribution in [0, 0.1) is 5.82 Å². The van der Waals surface area contributed by atoms with Gasteiger partial charge in [0.2, 0.25) is 0 Å². The number of nitrogens with one attached hydrogen (secondary N) is 1. The Morgan fingerprint density at radius 3 is 1.44 bits per heavy atom. The number of fused-ring (bicyclic) bond motifs is 1. The number of aromatic amines is 1. The summed E-state index contributed by atoms with van der Waals surface area (Å²) in [4.78, 5) is 8.17. The van der Waals surface area contributed by atoms with Crippen LogP contribution in [-0.2, 0) is 0 Å². The van der Waals surface area contributed by atoms with Crippen molar-refractivity contribution >= 4 is 102 Å². The first-order valence-electron chi connectivity index (χ1n) is 27.8. The summed E-state index contributed by atoms with van der Waals surface area (Å²) in [6, 6.07) is 64.8. The number of para-hydroxylation sites is 2. The minimum atomic E-state index is -0.247. The van der Waals surface area contributed by atoms with Gasteiger partial charge in [0, 0.05) is 55.0 Å². The van der Waals surface area contributed by atoms with Crippen LogP contribution in [0.5, 0.6) is 34.5 Å². The molecule has 1 heterocycles. The minimum Gasteiger partial charge on any atom is -0.497 e. The highest BCUT2D eigenvalue weighted by Crippen LogP contribution is 2.35. The molecule has 1 aromatic heterocycles. The molecular formula is C78H72BrCl2FN2O6. The predicted molar refractivity (Wildman–Crippen MR) is 382 cm³/mol. The molecule has 1 N–H and O–H groups in total. The maximum atomic E-state index is 12.9. The number of ether oxygens (including phenoxy) is 6.